The predicted octanol–water partition coefficient (Wildman–Crippen LogP) is 3.37. The van der Waals surface area contributed by atoms with Gasteiger partial charge < -0.3 is 9.15 Å². The van der Waals surface area contributed by atoms with Gasteiger partial charge in [0.2, 0.25) is 5.89 Å². The summed E-state index contributed by atoms with van der Waals surface area (Å²) in [7, 11) is 0. The Labute approximate surface area is 172 Å². The average Bonchev–Trinajstić information content (AvgIpc) is 3.06. The number of rotatable bonds is 6. The van der Waals surface area contributed by atoms with Crippen LogP contribution in [-0.4, -0.2) is 28.1 Å². The number of halogens is 1. The minimum atomic E-state index is -0.865. The number of Topliss-reactive ketones (excluding diaryl/α,β-unsaturated/α-hetero) is 1. The summed E-state index contributed by atoms with van der Waals surface area (Å²) < 4.78 is 23.7. The Morgan fingerprint density at radius 3 is 2.30 bits per heavy atom. The normalized spacial score (nSPS) is 11.3. The van der Waals surface area contributed by atoms with E-state index in [0.29, 0.717) is 11.1 Å². The topological polar surface area (TPSA) is 91.4 Å². The van der Waals surface area contributed by atoms with E-state index in [1.165, 1.54) is 24.3 Å². The fourth-order valence-electron chi connectivity index (χ4n) is 2.67. The van der Waals surface area contributed by atoms with E-state index >= 15 is 0 Å². The van der Waals surface area contributed by atoms with Crippen molar-refractivity contribution in [2.24, 2.45) is 0 Å². The molecular formula is C22H21FN2O5. The van der Waals surface area contributed by atoms with E-state index in [-0.39, 0.29) is 17.1 Å². The fraction of sp³-hybridized carbons (Fsp3) is 0.273. The van der Waals surface area contributed by atoms with Crippen molar-refractivity contribution in [3.63, 3.8) is 0 Å². The number of esters is 1. The Hall–Kier alpha value is -3.55. The van der Waals surface area contributed by atoms with Crippen LogP contribution in [-0.2, 0) is 21.5 Å². The molecule has 1 aromatic heterocycles. The number of nitrogens with zero attached hydrogens (tertiary/aromatic N) is 2. The third-order valence-corrected chi connectivity index (χ3v) is 4.41. The van der Waals surface area contributed by atoms with E-state index in [1.807, 2.05) is 12.1 Å². The molecule has 0 radical (unpaired) electrons. The van der Waals surface area contributed by atoms with Gasteiger partial charge in [0.15, 0.2) is 12.4 Å². The van der Waals surface area contributed by atoms with Crippen LogP contribution in [0.4, 0.5) is 4.39 Å². The van der Waals surface area contributed by atoms with Gasteiger partial charge in [0, 0.05) is 11.1 Å². The molecule has 0 unspecified atom stereocenters. The summed E-state index contributed by atoms with van der Waals surface area (Å²) in [5.41, 5.74) is 1.85. The largest absolute Gasteiger partial charge is 0.456 e. The smallest absolute Gasteiger partial charge is 0.437 e. The van der Waals surface area contributed by atoms with Gasteiger partial charge in [0.1, 0.15) is 12.4 Å². The van der Waals surface area contributed by atoms with Gasteiger partial charge >= 0.3 is 11.7 Å². The van der Waals surface area contributed by atoms with E-state index in [0.717, 1.165) is 10.2 Å². The maximum Gasteiger partial charge on any atom is 0.437 e. The van der Waals surface area contributed by atoms with Crippen molar-refractivity contribution in [2.45, 2.75) is 32.7 Å². The second-order valence-electron chi connectivity index (χ2n) is 7.75. The predicted molar refractivity (Wildman–Crippen MR) is 107 cm³/mol. The third-order valence-electron chi connectivity index (χ3n) is 4.41. The number of ether oxygens (including phenoxy) is 1. The highest BCUT2D eigenvalue weighted by Crippen LogP contribution is 2.22. The SMILES string of the molecule is CC(C)(C)c1ccc(C(=O)COC(=O)Cn2nc(-c3ccc(F)cc3)oc2=O)cc1. The minimum absolute atomic E-state index is 0.0360. The summed E-state index contributed by atoms with van der Waals surface area (Å²) in [5.74, 6) is -2.53. The molecule has 0 N–H and O–H groups in total. The van der Waals surface area contributed by atoms with Crippen molar-refractivity contribution in [2.75, 3.05) is 6.61 Å². The van der Waals surface area contributed by atoms with Crippen LogP contribution in [0.2, 0.25) is 0 Å². The molecular weight excluding hydrogens is 391 g/mol. The molecule has 2 aromatic carbocycles. The van der Waals surface area contributed by atoms with Gasteiger partial charge in [-0.05, 0) is 35.2 Å². The lowest BCUT2D eigenvalue weighted by molar-refractivity contribution is -0.143. The van der Waals surface area contributed by atoms with E-state index in [1.54, 1.807) is 12.1 Å². The van der Waals surface area contributed by atoms with Crippen LogP contribution >= 0.6 is 0 Å². The molecule has 0 bridgehead atoms. The minimum Gasteiger partial charge on any atom is -0.456 e. The molecule has 0 aliphatic carbocycles. The molecule has 0 aliphatic heterocycles. The van der Waals surface area contributed by atoms with Crippen molar-refractivity contribution in [1.82, 2.24) is 9.78 Å². The van der Waals surface area contributed by atoms with Crippen LogP contribution in [0, 0.1) is 5.82 Å². The van der Waals surface area contributed by atoms with Crippen LogP contribution < -0.4 is 5.76 Å². The fourth-order valence-corrected chi connectivity index (χ4v) is 2.67. The number of hydrogen-bond donors (Lipinski definition) is 0. The van der Waals surface area contributed by atoms with E-state index in [4.69, 9.17) is 9.15 Å². The van der Waals surface area contributed by atoms with Crippen molar-refractivity contribution in [3.8, 4) is 11.5 Å². The summed E-state index contributed by atoms with van der Waals surface area (Å²) in [5, 5.41) is 3.90. The first-order valence-electron chi connectivity index (χ1n) is 9.27. The summed E-state index contributed by atoms with van der Waals surface area (Å²) in [6, 6.07) is 12.3. The van der Waals surface area contributed by atoms with Gasteiger partial charge in [0.25, 0.3) is 0 Å². The Bertz CT molecular complexity index is 1110. The Balaban J connectivity index is 1.59. The zero-order chi connectivity index (χ0) is 21.9. The molecule has 7 nitrogen and oxygen atoms in total. The Morgan fingerprint density at radius 2 is 1.70 bits per heavy atom. The number of carbonyl (C=O) groups is 2. The summed E-state index contributed by atoms with van der Waals surface area (Å²) in [6.45, 7) is 5.24. The van der Waals surface area contributed by atoms with Crippen molar-refractivity contribution < 1.29 is 23.1 Å². The Kier molecular flexibility index (Phi) is 5.96. The molecule has 156 valence electrons. The van der Waals surface area contributed by atoms with Gasteiger partial charge in [-0.25, -0.2) is 9.18 Å². The first-order chi connectivity index (χ1) is 14.1. The summed E-state index contributed by atoms with van der Waals surface area (Å²) in [4.78, 5) is 36.1. The molecule has 8 heteroatoms. The highest BCUT2D eigenvalue weighted by atomic mass is 19.1. The molecule has 0 saturated heterocycles. The lowest BCUT2D eigenvalue weighted by Crippen LogP contribution is -2.24. The molecule has 0 atom stereocenters. The molecule has 0 fully saturated rings. The standard InChI is InChI=1S/C22H21FN2O5/c1-22(2,3)16-8-4-14(5-9-16)18(26)13-29-19(27)12-25-21(28)30-20(24-25)15-6-10-17(23)11-7-15/h4-11H,12-13H2,1-3H3. The van der Waals surface area contributed by atoms with Gasteiger partial charge in [0.05, 0.1) is 0 Å². The second-order valence-corrected chi connectivity index (χ2v) is 7.75. The molecule has 0 amide bonds. The first kappa shape index (κ1) is 21.2. The van der Waals surface area contributed by atoms with Gasteiger partial charge in [-0.2, -0.15) is 4.68 Å². The lowest BCUT2D eigenvalue weighted by Gasteiger charge is -2.18. The summed E-state index contributed by atoms with van der Waals surface area (Å²) >= 11 is 0. The van der Waals surface area contributed by atoms with Crippen molar-refractivity contribution >= 4 is 11.8 Å². The molecule has 0 aliphatic rings. The van der Waals surface area contributed by atoms with Crippen LogP contribution in [0.5, 0.6) is 0 Å². The number of hydrogen-bond acceptors (Lipinski definition) is 6. The van der Waals surface area contributed by atoms with Gasteiger partial charge in [-0.15, -0.1) is 5.10 Å². The third kappa shape index (κ3) is 5.08. The van der Waals surface area contributed by atoms with Gasteiger partial charge in [-0.1, -0.05) is 45.0 Å². The number of ketones is 1. The highest BCUT2D eigenvalue weighted by molar-refractivity contribution is 5.97. The maximum absolute atomic E-state index is 13.0. The lowest BCUT2D eigenvalue weighted by atomic mass is 9.86. The number of carbonyl (C=O) groups excluding carboxylic acids is 2. The number of benzene rings is 2. The summed E-state index contributed by atoms with van der Waals surface area (Å²) in [6.07, 6.45) is 0. The monoisotopic (exact) mass is 412 g/mol. The first-order valence-corrected chi connectivity index (χ1v) is 9.27. The van der Waals surface area contributed by atoms with E-state index < -0.39 is 30.7 Å². The molecule has 3 aromatic rings. The number of aromatic nitrogens is 2. The van der Waals surface area contributed by atoms with Crippen LogP contribution in [0.25, 0.3) is 11.5 Å². The van der Waals surface area contributed by atoms with Crippen molar-refractivity contribution in [1.29, 1.82) is 0 Å². The van der Waals surface area contributed by atoms with Crippen LogP contribution in [0.15, 0.2) is 57.7 Å². The molecule has 3 rings (SSSR count). The second kappa shape index (κ2) is 8.44. The zero-order valence-electron chi connectivity index (χ0n) is 16.8. The molecule has 0 saturated carbocycles. The van der Waals surface area contributed by atoms with Gasteiger partial charge in [-0.3, -0.25) is 9.59 Å². The van der Waals surface area contributed by atoms with Crippen LogP contribution in [0.3, 0.4) is 0 Å². The Morgan fingerprint density at radius 1 is 1.07 bits per heavy atom. The zero-order valence-corrected chi connectivity index (χ0v) is 16.8. The molecule has 1 heterocycles. The highest BCUT2D eigenvalue weighted by Gasteiger charge is 2.17. The maximum atomic E-state index is 13.0. The van der Waals surface area contributed by atoms with Crippen molar-refractivity contribution in [3.05, 3.63) is 76.0 Å². The average molecular weight is 412 g/mol. The molecule has 0 spiro atoms. The quantitative estimate of drug-likeness (QED) is 0.455. The van der Waals surface area contributed by atoms with Crippen LogP contribution in [0.1, 0.15) is 36.7 Å². The van der Waals surface area contributed by atoms with E-state index in [2.05, 4.69) is 25.9 Å². The van der Waals surface area contributed by atoms with E-state index in [9.17, 15) is 18.8 Å². The molecule has 30 heavy (non-hydrogen) atoms.